The summed E-state index contributed by atoms with van der Waals surface area (Å²) in [7, 11) is 0. The van der Waals surface area contributed by atoms with Crippen LogP contribution in [-0.4, -0.2) is 13.2 Å². The van der Waals surface area contributed by atoms with Gasteiger partial charge < -0.3 is 9.47 Å². The van der Waals surface area contributed by atoms with E-state index in [1.807, 2.05) is 0 Å². The highest BCUT2D eigenvalue weighted by atomic mass is 16.5. The Bertz CT molecular complexity index is 1630. The standard InChI is InChI=1S/C48H64O2/c1-7-9-11-13-15-17-24-48(25-18-16-14-12-10-8-2)46-33-36(3)20-22-44(46)45-23-21-40(35-47(45)48)41-29-39(6)32-43(34-41)50-27-19-26-49-42-30-37(4)28-38(5)31-42/h20-23,28-35H,7-19,24-27H2,1-6H3. The largest absolute Gasteiger partial charge is 0.493 e. The molecule has 1 aliphatic rings. The maximum Gasteiger partial charge on any atom is 0.120 e. The predicted octanol–water partition coefficient (Wildman–Crippen LogP) is 14.2. The van der Waals surface area contributed by atoms with Gasteiger partial charge in [0.05, 0.1) is 13.2 Å². The Morgan fingerprint density at radius 1 is 0.420 bits per heavy atom. The maximum absolute atomic E-state index is 6.34. The highest BCUT2D eigenvalue weighted by Crippen LogP contribution is 2.55. The maximum atomic E-state index is 6.34. The molecule has 5 rings (SSSR count). The van der Waals surface area contributed by atoms with Gasteiger partial charge in [0.2, 0.25) is 0 Å². The lowest BCUT2D eigenvalue weighted by atomic mass is 9.70. The first kappa shape index (κ1) is 37.7. The lowest BCUT2D eigenvalue weighted by molar-refractivity contribution is 0.247. The number of unbranched alkanes of at least 4 members (excludes halogenated alkanes) is 10. The molecule has 50 heavy (non-hydrogen) atoms. The molecule has 0 aliphatic heterocycles. The number of hydrogen-bond donors (Lipinski definition) is 0. The van der Waals surface area contributed by atoms with Gasteiger partial charge in [-0.25, -0.2) is 0 Å². The van der Waals surface area contributed by atoms with Gasteiger partial charge >= 0.3 is 0 Å². The van der Waals surface area contributed by atoms with E-state index in [2.05, 4.69) is 114 Å². The highest BCUT2D eigenvalue weighted by molar-refractivity contribution is 5.84. The van der Waals surface area contributed by atoms with Crippen molar-refractivity contribution >= 4 is 0 Å². The van der Waals surface area contributed by atoms with Gasteiger partial charge in [0, 0.05) is 11.8 Å². The van der Waals surface area contributed by atoms with E-state index in [-0.39, 0.29) is 5.41 Å². The average Bonchev–Trinajstić information content (AvgIpc) is 3.35. The number of aryl methyl sites for hydroxylation is 4. The Balaban J connectivity index is 1.37. The van der Waals surface area contributed by atoms with Gasteiger partial charge in [-0.2, -0.15) is 0 Å². The molecule has 0 amide bonds. The number of rotatable bonds is 21. The van der Waals surface area contributed by atoms with Gasteiger partial charge in [0.1, 0.15) is 11.5 Å². The summed E-state index contributed by atoms with van der Waals surface area (Å²) in [5.41, 5.74) is 13.8. The van der Waals surface area contributed by atoms with Crippen molar-refractivity contribution in [1.29, 1.82) is 0 Å². The van der Waals surface area contributed by atoms with E-state index in [0.29, 0.717) is 13.2 Å². The molecule has 2 nitrogen and oxygen atoms in total. The van der Waals surface area contributed by atoms with Crippen molar-refractivity contribution in [3.8, 4) is 33.8 Å². The van der Waals surface area contributed by atoms with Crippen LogP contribution in [0.25, 0.3) is 22.3 Å². The summed E-state index contributed by atoms with van der Waals surface area (Å²) < 4.78 is 12.4. The molecule has 4 aromatic carbocycles. The average molecular weight is 673 g/mol. The molecular formula is C48H64O2. The highest BCUT2D eigenvalue weighted by Gasteiger charge is 2.42. The molecule has 0 N–H and O–H groups in total. The van der Waals surface area contributed by atoms with Crippen LogP contribution < -0.4 is 9.47 Å². The SMILES string of the molecule is CCCCCCCCC1(CCCCCCCC)c2cc(C)ccc2-c2ccc(-c3cc(C)cc(OCCCOc4cc(C)cc(C)c4)c3)cc21. The second-order valence-electron chi connectivity index (χ2n) is 15.3. The summed E-state index contributed by atoms with van der Waals surface area (Å²) in [5.74, 6) is 1.88. The molecule has 0 heterocycles. The summed E-state index contributed by atoms with van der Waals surface area (Å²) in [6.45, 7) is 14.6. The Morgan fingerprint density at radius 2 is 0.920 bits per heavy atom. The third-order valence-electron chi connectivity index (χ3n) is 10.8. The third-order valence-corrected chi connectivity index (χ3v) is 10.8. The van der Waals surface area contributed by atoms with Gasteiger partial charge in [0.15, 0.2) is 0 Å². The van der Waals surface area contributed by atoms with E-state index in [1.165, 1.54) is 134 Å². The molecule has 0 radical (unpaired) electrons. The molecule has 2 heteroatoms. The van der Waals surface area contributed by atoms with Crippen molar-refractivity contribution in [2.24, 2.45) is 0 Å². The fraction of sp³-hybridized carbons (Fsp3) is 0.500. The van der Waals surface area contributed by atoms with Gasteiger partial charge in [-0.15, -0.1) is 0 Å². The molecule has 0 atom stereocenters. The summed E-state index contributed by atoms with van der Waals surface area (Å²) in [6.07, 6.45) is 19.4. The summed E-state index contributed by atoms with van der Waals surface area (Å²) in [6, 6.07) is 27.7. The van der Waals surface area contributed by atoms with Crippen LogP contribution in [0.15, 0.2) is 72.8 Å². The Labute approximate surface area is 305 Å². The second-order valence-corrected chi connectivity index (χ2v) is 15.3. The smallest absolute Gasteiger partial charge is 0.120 e. The minimum Gasteiger partial charge on any atom is -0.493 e. The monoisotopic (exact) mass is 672 g/mol. The fourth-order valence-electron chi connectivity index (χ4n) is 8.32. The van der Waals surface area contributed by atoms with Gasteiger partial charge in [0.25, 0.3) is 0 Å². The fourth-order valence-corrected chi connectivity index (χ4v) is 8.32. The number of benzene rings is 4. The Morgan fingerprint density at radius 3 is 1.52 bits per heavy atom. The molecule has 0 unspecified atom stereocenters. The zero-order valence-electron chi connectivity index (χ0n) is 32.3. The molecule has 0 saturated heterocycles. The molecule has 1 aliphatic carbocycles. The molecule has 0 aromatic heterocycles. The number of hydrogen-bond acceptors (Lipinski definition) is 2. The normalized spacial score (nSPS) is 12.9. The zero-order valence-corrected chi connectivity index (χ0v) is 32.3. The van der Waals surface area contributed by atoms with Crippen LogP contribution in [0, 0.1) is 27.7 Å². The van der Waals surface area contributed by atoms with Crippen molar-refractivity contribution in [3.63, 3.8) is 0 Å². The van der Waals surface area contributed by atoms with E-state index >= 15 is 0 Å². The van der Waals surface area contributed by atoms with Crippen molar-refractivity contribution in [3.05, 3.63) is 106 Å². The summed E-state index contributed by atoms with van der Waals surface area (Å²) in [4.78, 5) is 0. The first-order chi connectivity index (χ1) is 24.3. The van der Waals surface area contributed by atoms with Crippen LogP contribution in [0.5, 0.6) is 11.5 Å². The van der Waals surface area contributed by atoms with E-state index < -0.39 is 0 Å². The van der Waals surface area contributed by atoms with Crippen molar-refractivity contribution < 1.29 is 9.47 Å². The van der Waals surface area contributed by atoms with Crippen molar-refractivity contribution in [1.82, 2.24) is 0 Å². The minimum atomic E-state index is 0.0845. The van der Waals surface area contributed by atoms with Crippen molar-refractivity contribution in [2.45, 2.75) is 143 Å². The van der Waals surface area contributed by atoms with Crippen LogP contribution in [0.3, 0.4) is 0 Å². The van der Waals surface area contributed by atoms with Crippen LogP contribution in [0.4, 0.5) is 0 Å². The van der Waals surface area contributed by atoms with Crippen LogP contribution in [0.2, 0.25) is 0 Å². The lowest BCUT2D eigenvalue weighted by Gasteiger charge is -2.33. The third kappa shape index (κ3) is 9.83. The van der Waals surface area contributed by atoms with E-state index in [4.69, 9.17) is 9.47 Å². The molecule has 4 aromatic rings. The van der Waals surface area contributed by atoms with Gasteiger partial charge in [-0.05, 0) is 121 Å². The quantitative estimate of drug-likeness (QED) is 0.0820. The number of ether oxygens (including phenoxy) is 2. The van der Waals surface area contributed by atoms with Gasteiger partial charge in [-0.1, -0.05) is 139 Å². The van der Waals surface area contributed by atoms with E-state index in [1.54, 1.807) is 11.1 Å². The minimum absolute atomic E-state index is 0.0845. The molecule has 0 saturated carbocycles. The summed E-state index contributed by atoms with van der Waals surface area (Å²) in [5, 5.41) is 0. The van der Waals surface area contributed by atoms with Crippen LogP contribution in [0.1, 0.15) is 144 Å². The predicted molar refractivity (Wildman–Crippen MR) is 215 cm³/mol. The van der Waals surface area contributed by atoms with E-state index in [0.717, 1.165) is 17.9 Å². The van der Waals surface area contributed by atoms with Crippen LogP contribution >= 0.6 is 0 Å². The molecular weight excluding hydrogens is 609 g/mol. The lowest BCUT2D eigenvalue weighted by Crippen LogP contribution is -2.25. The van der Waals surface area contributed by atoms with Crippen molar-refractivity contribution in [2.75, 3.05) is 13.2 Å². The second kappa shape index (κ2) is 18.6. The van der Waals surface area contributed by atoms with Crippen LogP contribution in [-0.2, 0) is 5.41 Å². The first-order valence-electron chi connectivity index (χ1n) is 20.0. The van der Waals surface area contributed by atoms with E-state index in [9.17, 15) is 0 Å². The first-order valence-corrected chi connectivity index (χ1v) is 20.0. The Kier molecular flexibility index (Phi) is 14.1. The molecule has 268 valence electrons. The zero-order chi connectivity index (χ0) is 35.3. The Hall–Kier alpha value is -3.52. The number of fused-ring (bicyclic) bond motifs is 3. The molecule has 0 fully saturated rings. The topological polar surface area (TPSA) is 18.5 Å². The molecule has 0 spiro atoms. The molecule has 0 bridgehead atoms. The van der Waals surface area contributed by atoms with Gasteiger partial charge in [-0.3, -0.25) is 0 Å². The summed E-state index contributed by atoms with van der Waals surface area (Å²) >= 11 is 0.